The molecule has 0 bridgehead atoms. The van der Waals surface area contributed by atoms with Gasteiger partial charge in [0.05, 0.1) is 17.5 Å². The molecule has 2 aliphatic heterocycles. The lowest BCUT2D eigenvalue weighted by atomic mass is 9.90. The Morgan fingerprint density at radius 2 is 1.55 bits per heavy atom. The van der Waals surface area contributed by atoms with E-state index in [1.165, 1.54) is 59.5 Å². The number of amides is 1. The molecule has 51 heavy (non-hydrogen) atoms. The van der Waals surface area contributed by atoms with Gasteiger partial charge in [0.1, 0.15) is 35.1 Å². The van der Waals surface area contributed by atoms with Crippen molar-refractivity contribution in [3.8, 4) is 16.9 Å². The van der Waals surface area contributed by atoms with Crippen molar-refractivity contribution in [1.29, 1.82) is 0 Å². The normalized spacial score (nSPS) is 25.6. The molecule has 2 fully saturated rings. The Bertz CT molecular complexity index is 1930. The number of phenols is 1. The second kappa shape index (κ2) is 14.8. The fraction of sp³-hybridized carbons (Fsp3) is 0.257. The second-order valence-electron chi connectivity index (χ2n) is 12.0. The van der Waals surface area contributed by atoms with Crippen molar-refractivity contribution in [2.24, 2.45) is 0 Å². The Kier molecular flexibility index (Phi) is 10.7. The first-order valence-corrected chi connectivity index (χ1v) is 18.2. The molecule has 16 heteroatoms. The Balaban J connectivity index is 1.29. The maximum atomic E-state index is 13.9. The Hall–Kier alpha value is -4.15. The smallest absolute Gasteiger partial charge is 0.356 e. The molecule has 0 aliphatic carbocycles. The lowest BCUT2D eigenvalue weighted by Crippen LogP contribution is -2.60. The Morgan fingerprint density at radius 1 is 0.902 bits per heavy atom. The SMILES string of the molecule is O=C(O)C1O[C@@H](O[C@@H](CS[C@H]2C(=O)N(c3ccccc3)[C@@H]2c2ccc(-c3ccc(P(=O)(O)O)cc3)cc2O)c2ccc(F)cc2)C(O)C(O)[C@@H]1O. The highest BCUT2D eigenvalue weighted by atomic mass is 32.2. The van der Waals surface area contributed by atoms with Gasteiger partial charge in [-0.1, -0.05) is 54.6 Å². The highest BCUT2D eigenvalue weighted by Gasteiger charge is 2.51. The second-order valence-corrected chi connectivity index (χ2v) is 14.8. The quantitative estimate of drug-likeness (QED) is 0.0871. The number of carboxylic acid groups (broad SMARTS) is 1. The number of para-hydroxylation sites is 1. The average molecular weight is 742 g/mol. The molecule has 0 spiro atoms. The minimum Gasteiger partial charge on any atom is -0.508 e. The highest BCUT2D eigenvalue weighted by Crippen LogP contribution is 2.49. The lowest BCUT2D eigenvalue weighted by Gasteiger charge is -2.47. The number of β-lactam (4-membered cyclic amide) rings is 1. The van der Waals surface area contributed by atoms with Crippen LogP contribution in [0.2, 0.25) is 0 Å². The molecule has 2 heterocycles. The van der Waals surface area contributed by atoms with Crippen LogP contribution in [0.25, 0.3) is 11.1 Å². The number of rotatable bonds is 11. The fourth-order valence-corrected chi connectivity index (χ4v) is 7.93. The molecule has 4 aromatic rings. The minimum absolute atomic E-state index is 0.0189. The number of aliphatic hydroxyl groups excluding tert-OH is 3. The summed E-state index contributed by atoms with van der Waals surface area (Å²) in [5.41, 5.74) is 2.49. The number of aromatic hydroxyl groups is 1. The van der Waals surface area contributed by atoms with Crippen LogP contribution in [0.3, 0.4) is 0 Å². The van der Waals surface area contributed by atoms with Gasteiger partial charge in [0.2, 0.25) is 5.91 Å². The summed E-state index contributed by atoms with van der Waals surface area (Å²) in [7, 11) is -4.45. The minimum atomic E-state index is -4.45. The molecule has 6 rings (SSSR count). The third-order valence-electron chi connectivity index (χ3n) is 8.75. The van der Waals surface area contributed by atoms with Crippen LogP contribution in [-0.2, 0) is 23.6 Å². The van der Waals surface area contributed by atoms with Crippen molar-refractivity contribution in [3.63, 3.8) is 0 Å². The van der Waals surface area contributed by atoms with Crippen LogP contribution in [0.1, 0.15) is 23.3 Å². The summed E-state index contributed by atoms with van der Waals surface area (Å²) in [5.74, 6) is -2.61. The molecular formula is C35H33FNO12PS. The van der Waals surface area contributed by atoms with E-state index >= 15 is 0 Å². The number of hydrogen-bond acceptors (Lipinski definition) is 10. The predicted molar refractivity (Wildman–Crippen MR) is 183 cm³/mol. The molecule has 4 aromatic carbocycles. The number of thioether (sulfide) groups is 1. The number of anilines is 1. The van der Waals surface area contributed by atoms with Crippen molar-refractivity contribution >= 4 is 42.2 Å². The monoisotopic (exact) mass is 741 g/mol. The molecule has 2 aliphatic rings. The van der Waals surface area contributed by atoms with Gasteiger partial charge >= 0.3 is 13.6 Å². The maximum Gasteiger partial charge on any atom is 0.356 e. The molecule has 0 radical (unpaired) electrons. The third kappa shape index (κ3) is 7.58. The summed E-state index contributed by atoms with van der Waals surface area (Å²) < 4.78 is 36.8. The number of benzene rings is 4. The van der Waals surface area contributed by atoms with Gasteiger partial charge in [0, 0.05) is 17.0 Å². The Labute approximate surface area is 294 Å². The van der Waals surface area contributed by atoms with Gasteiger partial charge in [0.15, 0.2) is 12.4 Å². The van der Waals surface area contributed by atoms with Crippen LogP contribution in [0.4, 0.5) is 10.1 Å². The summed E-state index contributed by atoms with van der Waals surface area (Å²) >= 11 is 1.13. The third-order valence-corrected chi connectivity index (χ3v) is 11.0. The van der Waals surface area contributed by atoms with Crippen molar-refractivity contribution in [2.75, 3.05) is 10.7 Å². The molecule has 1 amide bonds. The molecule has 0 aromatic heterocycles. The first kappa shape index (κ1) is 36.6. The van der Waals surface area contributed by atoms with E-state index in [-0.39, 0.29) is 22.7 Å². The number of hydrogen-bond donors (Lipinski definition) is 7. The van der Waals surface area contributed by atoms with Crippen molar-refractivity contribution in [3.05, 3.63) is 114 Å². The molecule has 7 N–H and O–H groups in total. The highest BCUT2D eigenvalue weighted by molar-refractivity contribution is 8.00. The number of aliphatic hydroxyl groups is 3. The zero-order chi connectivity index (χ0) is 36.6. The van der Waals surface area contributed by atoms with E-state index in [0.717, 1.165) is 11.8 Å². The number of halogens is 1. The number of aliphatic carboxylic acids is 1. The molecule has 268 valence electrons. The van der Waals surface area contributed by atoms with Gasteiger partial charge in [0.25, 0.3) is 0 Å². The summed E-state index contributed by atoms with van der Waals surface area (Å²) in [6.45, 7) is 0. The number of carboxylic acids is 1. The topological polar surface area (TPSA) is 215 Å². The molecular weight excluding hydrogens is 708 g/mol. The van der Waals surface area contributed by atoms with Crippen LogP contribution < -0.4 is 10.2 Å². The average Bonchev–Trinajstić information content (AvgIpc) is 3.10. The van der Waals surface area contributed by atoms with Crippen LogP contribution in [0, 0.1) is 5.82 Å². The van der Waals surface area contributed by atoms with E-state index in [2.05, 4.69) is 0 Å². The summed E-state index contributed by atoms with van der Waals surface area (Å²) in [6, 6.07) is 23.7. The molecule has 13 nitrogen and oxygen atoms in total. The van der Waals surface area contributed by atoms with Crippen molar-refractivity contribution in [1.82, 2.24) is 0 Å². The summed E-state index contributed by atoms with van der Waals surface area (Å²) in [4.78, 5) is 45.9. The summed E-state index contributed by atoms with van der Waals surface area (Å²) in [6.07, 6.45) is -10.4. The van der Waals surface area contributed by atoms with E-state index in [1.54, 1.807) is 42.5 Å². The van der Waals surface area contributed by atoms with Gasteiger partial charge in [-0.3, -0.25) is 9.36 Å². The first-order chi connectivity index (χ1) is 24.2. The molecule has 0 saturated carbocycles. The van der Waals surface area contributed by atoms with E-state index in [4.69, 9.17) is 9.47 Å². The van der Waals surface area contributed by atoms with Crippen molar-refractivity contribution in [2.45, 2.75) is 48.1 Å². The van der Waals surface area contributed by atoms with Crippen LogP contribution in [0.15, 0.2) is 97.1 Å². The maximum absolute atomic E-state index is 13.9. The number of nitrogens with zero attached hydrogens (tertiary/aromatic N) is 1. The van der Waals surface area contributed by atoms with Crippen LogP contribution >= 0.6 is 19.4 Å². The number of phenolic OH excluding ortho intramolecular Hbond substituents is 1. The van der Waals surface area contributed by atoms with E-state index in [0.29, 0.717) is 27.9 Å². The molecule has 8 atom stereocenters. The molecule has 2 saturated heterocycles. The van der Waals surface area contributed by atoms with E-state index < -0.39 is 67.5 Å². The lowest BCUT2D eigenvalue weighted by molar-refractivity contribution is -0.303. The largest absolute Gasteiger partial charge is 0.508 e. The van der Waals surface area contributed by atoms with Gasteiger partial charge in [-0.2, -0.15) is 0 Å². The Morgan fingerprint density at radius 3 is 2.16 bits per heavy atom. The number of carbonyl (C=O) groups excluding carboxylic acids is 1. The van der Waals surface area contributed by atoms with E-state index in [1.807, 2.05) is 0 Å². The van der Waals surface area contributed by atoms with Crippen LogP contribution in [0.5, 0.6) is 5.75 Å². The van der Waals surface area contributed by atoms with Gasteiger partial charge in [-0.15, -0.1) is 11.8 Å². The standard InChI is InChI=1S/C35H33FNO12PS/c36-21-11-6-19(7-12-21)26(48-35-30(41)28(39)29(40)31(49-35)34(43)44)17-51-32-27(37(33(32)42)22-4-2-1-3-5-22)24-15-10-20(16-25(24)38)18-8-13-23(14-9-18)50(45,46)47/h1-16,26-32,35,38-41H,17H2,(H,43,44)(H2,45,46,47)/t26-,27+,28?,29-,30?,31?,32+,35+/m0/s1. The fourth-order valence-electron chi connectivity index (χ4n) is 6.03. The number of carbonyl (C=O) groups is 2. The van der Waals surface area contributed by atoms with Gasteiger partial charge < -0.3 is 49.7 Å². The van der Waals surface area contributed by atoms with Gasteiger partial charge in [-0.25, -0.2) is 9.18 Å². The predicted octanol–water partition coefficient (Wildman–Crippen LogP) is 2.84. The zero-order valence-corrected chi connectivity index (χ0v) is 28.1. The van der Waals surface area contributed by atoms with E-state index in [9.17, 15) is 53.9 Å². The zero-order valence-electron chi connectivity index (χ0n) is 26.4. The summed E-state index contributed by atoms with van der Waals surface area (Å²) in [5, 5.41) is 50.9. The van der Waals surface area contributed by atoms with Crippen LogP contribution in [-0.4, -0.2) is 88.9 Å². The van der Waals surface area contributed by atoms with Crippen molar-refractivity contribution < 1.29 is 63.3 Å². The number of ether oxygens (including phenoxy) is 2. The molecule has 3 unspecified atom stereocenters. The van der Waals surface area contributed by atoms with Gasteiger partial charge in [-0.05, 0) is 59.2 Å². The first-order valence-electron chi connectivity index (χ1n) is 15.6.